The predicted octanol–water partition coefficient (Wildman–Crippen LogP) is 6.67. The molecule has 0 aliphatic carbocycles. The van der Waals surface area contributed by atoms with Crippen LogP contribution in [0.2, 0.25) is 0 Å². The van der Waals surface area contributed by atoms with E-state index in [0.717, 1.165) is 12.2 Å². The van der Waals surface area contributed by atoms with Gasteiger partial charge in [0, 0.05) is 0 Å². The molecule has 0 fully saturated rings. The van der Waals surface area contributed by atoms with E-state index in [4.69, 9.17) is 5.11 Å². The van der Waals surface area contributed by atoms with E-state index in [9.17, 15) is 4.79 Å². The van der Waals surface area contributed by atoms with Crippen molar-refractivity contribution in [2.75, 3.05) is 5.75 Å². The number of hydrogen-bond donors (Lipinski definition) is 1. The number of carboxylic acid groups (broad SMARTS) is 1. The van der Waals surface area contributed by atoms with Gasteiger partial charge in [0.2, 0.25) is 0 Å². The van der Waals surface area contributed by atoms with Gasteiger partial charge < -0.3 is 5.11 Å². The first-order chi connectivity index (χ1) is 10.7. The van der Waals surface area contributed by atoms with Crippen LogP contribution in [0.3, 0.4) is 0 Å². The molecule has 0 aliphatic heterocycles. The summed E-state index contributed by atoms with van der Waals surface area (Å²) >= 11 is 1.61. The van der Waals surface area contributed by atoms with Crippen LogP contribution in [-0.2, 0) is 4.79 Å². The highest BCUT2D eigenvalue weighted by atomic mass is 32.2. The minimum absolute atomic E-state index is 0.197. The first-order valence-corrected chi connectivity index (χ1v) is 10.6. The second-order valence-corrected chi connectivity index (χ2v) is 7.66. The molecular weight excluding hydrogens is 292 g/mol. The summed E-state index contributed by atoms with van der Waals surface area (Å²) in [5, 5.41) is 8.76. The van der Waals surface area contributed by atoms with E-state index in [1.54, 1.807) is 11.8 Å². The van der Waals surface area contributed by atoms with Gasteiger partial charge in [0.25, 0.3) is 0 Å². The van der Waals surface area contributed by atoms with Crippen LogP contribution in [0, 0.1) is 0 Å². The maximum absolute atomic E-state index is 10.9. The molecule has 0 radical (unpaired) electrons. The summed E-state index contributed by atoms with van der Waals surface area (Å²) in [5.41, 5.74) is 0. The molecule has 0 saturated carbocycles. The number of thioether (sulfide) groups is 1. The highest BCUT2D eigenvalue weighted by Gasteiger charge is 2.14. The Morgan fingerprint density at radius 2 is 1.18 bits per heavy atom. The zero-order valence-corrected chi connectivity index (χ0v) is 15.8. The number of carbonyl (C=O) groups is 1. The van der Waals surface area contributed by atoms with E-state index >= 15 is 0 Å². The van der Waals surface area contributed by atoms with E-state index in [-0.39, 0.29) is 5.25 Å². The second kappa shape index (κ2) is 17.2. The third-order valence-corrected chi connectivity index (χ3v) is 5.67. The average molecular weight is 331 g/mol. The van der Waals surface area contributed by atoms with Crippen LogP contribution in [0.15, 0.2) is 0 Å². The van der Waals surface area contributed by atoms with Crippen molar-refractivity contribution in [3.05, 3.63) is 0 Å². The molecule has 22 heavy (non-hydrogen) atoms. The lowest BCUT2D eigenvalue weighted by Gasteiger charge is -2.08. The molecule has 0 aromatic heterocycles. The Bertz CT molecular complexity index is 244. The van der Waals surface area contributed by atoms with Crippen molar-refractivity contribution in [1.29, 1.82) is 0 Å². The molecule has 0 rings (SSSR count). The number of rotatable bonds is 17. The summed E-state index contributed by atoms with van der Waals surface area (Å²) < 4.78 is 0. The normalized spacial score (nSPS) is 12.5. The lowest BCUT2D eigenvalue weighted by Crippen LogP contribution is -2.15. The van der Waals surface area contributed by atoms with Crippen LogP contribution in [0.5, 0.6) is 0 Å². The summed E-state index contributed by atoms with van der Waals surface area (Å²) in [6.07, 6.45) is 18.5. The van der Waals surface area contributed by atoms with Gasteiger partial charge in [-0.2, -0.15) is 0 Å². The van der Waals surface area contributed by atoms with Gasteiger partial charge >= 0.3 is 5.97 Å². The smallest absolute Gasteiger partial charge is 0.316 e. The van der Waals surface area contributed by atoms with Gasteiger partial charge in [-0.3, -0.25) is 4.79 Å². The molecule has 3 heteroatoms. The van der Waals surface area contributed by atoms with Crippen molar-refractivity contribution in [2.24, 2.45) is 0 Å². The maximum Gasteiger partial charge on any atom is 0.316 e. The van der Waals surface area contributed by atoms with Crippen LogP contribution >= 0.6 is 11.8 Å². The highest BCUT2D eigenvalue weighted by Crippen LogP contribution is 2.18. The molecule has 0 aromatic carbocycles. The molecule has 1 unspecified atom stereocenters. The molecule has 0 aliphatic rings. The molecular formula is C19H38O2S. The van der Waals surface area contributed by atoms with E-state index in [1.165, 1.54) is 83.5 Å². The molecule has 132 valence electrons. The van der Waals surface area contributed by atoms with Gasteiger partial charge in [-0.15, -0.1) is 11.8 Å². The minimum atomic E-state index is -0.651. The molecule has 0 saturated heterocycles. The number of aliphatic carboxylic acids is 1. The van der Waals surface area contributed by atoms with Crippen LogP contribution in [0.1, 0.15) is 104 Å². The Morgan fingerprint density at radius 1 is 0.773 bits per heavy atom. The quantitative estimate of drug-likeness (QED) is 0.302. The third-order valence-electron chi connectivity index (χ3n) is 4.21. The maximum atomic E-state index is 10.9. The number of unbranched alkanes of at least 4 members (excludes halogenated alkanes) is 12. The molecule has 0 amide bonds. The molecule has 0 bridgehead atoms. The molecule has 0 heterocycles. The largest absolute Gasteiger partial charge is 0.480 e. The monoisotopic (exact) mass is 330 g/mol. The van der Waals surface area contributed by atoms with Gasteiger partial charge in [-0.1, -0.05) is 90.9 Å². The van der Waals surface area contributed by atoms with Gasteiger partial charge in [-0.05, 0) is 18.6 Å². The fourth-order valence-electron chi connectivity index (χ4n) is 2.71. The Hall–Kier alpha value is -0.180. The van der Waals surface area contributed by atoms with Gasteiger partial charge in [-0.25, -0.2) is 0 Å². The Labute approximate surface area is 142 Å². The summed E-state index contributed by atoms with van der Waals surface area (Å²) in [4.78, 5) is 10.9. The van der Waals surface area contributed by atoms with Gasteiger partial charge in [0.05, 0.1) is 0 Å². The lowest BCUT2D eigenvalue weighted by atomic mass is 10.1. The fraction of sp³-hybridized carbons (Fsp3) is 0.947. The molecule has 2 nitrogen and oxygen atoms in total. The van der Waals surface area contributed by atoms with Crippen LogP contribution in [0.4, 0.5) is 0 Å². The summed E-state index contributed by atoms with van der Waals surface area (Å²) in [7, 11) is 0. The second-order valence-electron chi connectivity index (χ2n) is 6.35. The highest BCUT2D eigenvalue weighted by molar-refractivity contribution is 8.00. The van der Waals surface area contributed by atoms with Crippen LogP contribution in [0.25, 0.3) is 0 Å². The number of hydrogen-bond acceptors (Lipinski definition) is 2. The van der Waals surface area contributed by atoms with E-state index < -0.39 is 5.97 Å². The molecule has 0 spiro atoms. The predicted molar refractivity (Wildman–Crippen MR) is 99.9 cm³/mol. The van der Waals surface area contributed by atoms with Crippen molar-refractivity contribution < 1.29 is 9.90 Å². The first kappa shape index (κ1) is 21.8. The molecule has 1 atom stereocenters. The van der Waals surface area contributed by atoms with Crippen molar-refractivity contribution in [3.8, 4) is 0 Å². The summed E-state index contributed by atoms with van der Waals surface area (Å²) in [5.74, 6) is 0.352. The van der Waals surface area contributed by atoms with Crippen LogP contribution < -0.4 is 0 Å². The Balaban J connectivity index is 3.13. The summed E-state index contributed by atoms with van der Waals surface area (Å²) in [6, 6.07) is 0. The van der Waals surface area contributed by atoms with Crippen molar-refractivity contribution in [2.45, 2.75) is 109 Å². The standard InChI is InChI=1S/C19H38O2S/c1-3-5-6-7-8-9-10-11-12-13-14-15-16-17-22-18(4-2)19(20)21/h18H,3-17H2,1-2H3,(H,20,21). The zero-order chi connectivity index (χ0) is 16.5. The van der Waals surface area contributed by atoms with Crippen molar-refractivity contribution >= 4 is 17.7 Å². The average Bonchev–Trinajstić information content (AvgIpc) is 2.51. The minimum Gasteiger partial charge on any atom is -0.480 e. The molecule has 1 N–H and O–H groups in total. The van der Waals surface area contributed by atoms with E-state index in [2.05, 4.69) is 6.92 Å². The summed E-state index contributed by atoms with van der Waals surface area (Å²) in [6.45, 7) is 4.22. The van der Waals surface area contributed by atoms with E-state index in [1.807, 2.05) is 6.92 Å². The SMILES string of the molecule is CCCCCCCCCCCCCCCSC(CC)C(=O)O. The Morgan fingerprint density at radius 3 is 1.55 bits per heavy atom. The first-order valence-electron chi connectivity index (χ1n) is 9.56. The topological polar surface area (TPSA) is 37.3 Å². The van der Waals surface area contributed by atoms with Crippen LogP contribution in [-0.4, -0.2) is 22.1 Å². The van der Waals surface area contributed by atoms with Gasteiger partial charge in [0.15, 0.2) is 0 Å². The third kappa shape index (κ3) is 14.7. The van der Waals surface area contributed by atoms with Crippen molar-refractivity contribution in [1.82, 2.24) is 0 Å². The zero-order valence-electron chi connectivity index (χ0n) is 14.9. The molecule has 0 aromatic rings. The van der Waals surface area contributed by atoms with E-state index in [0.29, 0.717) is 0 Å². The lowest BCUT2D eigenvalue weighted by molar-refractivity contribution is -0.136. The Kier molecular flexibility index (Phi) is 17.0. The number of carboxylic acids is 1. The van der Waals surface area contributed by atoms with Crippen molar-refractivity contribution in [3.63, 3.8) is 0 Å². The fourth-order valence-corrected chi connectivity index (χ4v) is 3.74. The van der Waals surface area contributed by atoms with Gasteiger partial charge in [0.1, 0.15) is 5.25 Å².